The second-order valence-corrected chi connectivity index (χ2v) is 16.4. The summed E-state index contributed by atoms with van der Waals surface area (Å²) < 4.78 is 143. The number of benzene rings is 5. The van der Waals surface area contributed by atoms with Gasteiger partial charge >= 0.3 is 148 Å². The molecule has 0 saturated heterocycles. The van der Waals surface area contributed by atoms with Crippen molar-refractivity contribution in [3.05, 3.63) is 88.5 Å². The van der Waals surface area contributed by atoms with Crippen LogP contribution in [0.25, 0.3) is 10.8 Å². The first-order valence-corrected chi connectivity index (χ1v) is 20.1. The predicted molar refractivity (Wildman–Crippen MR) is 184 cm³/mol. The van der Waals surface area contributed by atoms with E-state index in [0.717, 1.165) is 18.2 Å². The standard InChI is InChI=1S/C29H21N8O15S4.5Na/c1-14-10-16(4-8-20(14)33-34-21-11-18(53(41,42)43)7-9-23(21)54(44,45)46)32-35-22-13-24(55(47,48)49)19-12-25(56(50,51)52)28(29(38)26(19)27(22)30)36-31-15-2-5-17(6-3-15)37(39)40;;;;;/h2,4-13,38H,30H2,1H3,(H,41,42,43)(H,44,45,46)(H,47,48,49)(H,50,51,52);;;;;/q-1;5*+1/p-4. The molecule has 61 heavy (non-hydrogen) atoms. The Bertz CT molecular complexity index is 3050. The van der Waals surface area contributed by atoms with Crippen molar-refractivity contribution in [1.29, 1.82) is 0 Å². The molecule has 5 rings (SSSR count). The molecule has 0 fully saturated rings. The number of fused-ring (bicyclic) bond motifs is 1. The first kappa shape index (κ1) is 59.8. The van der Waals surface area contributed by atoms with Crippen molar-refractivity contribution in [1.82, 2.24) is 0 Å². The van der Waals surface area contributed by atoms with Crippen LogP contribution in [0.2, 0.25) is 0 Å². The van der Waals surface area contributed by atoms with Gasteiger partial charge in [-0.05, 0) is 66.7 Å². The molecule has 0 bridgehead atoms. The van der Waals surface area contributed by atoms with E-state index in [-0.39, 0.29) is 170 Å². The SMILES string of the molecule is Cc1cc(N=Nc2cc(S(=O)(=O)[O-])c3cc(S(=O)(=O)[O-])c(N=Nc4[c-]cc([N+](=O)[O-])cc4)c(O)c3c2N)ccc1N=Nc1cc(S(=O)(=O)[O-])ccc1S(=O)(=O)[O-].[Na+].[Na+].[Na+].[Na+].[Na+]. The van der Waals surface area contributed by atoms with Gasteiger partial charge in [-0.2, -0.15) is 15.3 Å². The minimum absolute atomic E-state index is 0. The topological polar surface area (TPSA) is 392 Å². The van der Waals surface area contributed by atoms with E-state index in [9.17, 15) is 67.1 Å². The zero-order valence-corrected chi connectivity index (χ0v) is 45.6. The largest absolute Gasteiger partial charge is 1.00 e. The van der Waals surface area contributed by atoms with Crippen LogP contribution in [0.4, 0.5) is 45.5 Å². The van der Waals surface area contributed by atoms with Crippen molar-refractivity contribution >= 4 is 96.7 Å². The van der Waals surface area contributed by atoms with E-state index in [4.69, 9.17) is 5.73 Å². The van der Waals surface area contributed by atoms with E-state index in [1.165, 1.54) is 25.1 Å². The van der Waals surface area contributed by atoms with Gasteiger partial charge in [0.15, 0.2) is 11.4 Å². The summed E-state index contributed by atoms with van der Waals surface area (Å²) in [5.41, 5.74) is 2.77. The summed E-state index contributed by atoms with van der Waals surface area (Å²) in [7, 11) is -21.4. The maximum absolute atomic E-state index is 12.3. The van der Waals surface area contributed by atoms with Gasteiger partial charge < -0.3 is 29.1 Å². The average molecular weight is 961 g/mol. The van der Waals surface area contributed by atoms with Gasteiger partial charge in [0, 0.05) is 10.3 Å². The number of azo groups is 3. The van der Waals surface area contributed by atoms with Gasteiger partial charge in [0.2, 0.25) is 0 Å². The molecule has 0 amide bonds. The zero-order chi connectivity index (χ0) is 41.5. The minimum Gasteiger partial charge on any atom is -0.744 e. The number of phenolic OH excluding ortho intramolecular Hbond substituents is 1. The van der Waals surface area contributed by atoms with E-state index < -0.39 is 110 Å². The molecule has 0 spiro atoms. The maximum atomic E-state index is 12.3. The van der Waals surface area contributed by atoms with Crippen molar-refractivity contribution in [3.8, 4) is 5.75 Å². The van der Waals surface area contributed by atoms with Crippen LogP contribution in [0.1, 0.15) is 5.56 Å². The molecule has 32 heteroatoms. The number of anilines is 1. The number of nitrogens with two attached hydrogens (primary N) is 1. The van der Waals surface area contributed by atoms with Crippen molar-refractivity contribution in [3.63, 3.8) is 0 Å². The molecule has 3 N–H and O–H groups in total. The average Bonchev–Trinajstić information content (AvgIpc) is 3.08. The van der Waals surface area contributed by atoms with E-state index in [1.54, 1.807) is 0 Å². The number of nitrogens with zero attached hydrogens (tertiary/aromatic N) is 7. The Hall–Kier alpha value is -1.20. The molecule has 23 nitrogen and oxygen atoms in total. The summed E-state index contributed by atoms with van der Waals surface area (Å²) >= 11 is 0. The zero-order valence-electron chi connectivity index (χ0n) is 32.4. The third kappa shape index (κ3) is 14.6. The van der Waals surface area contributed by atoms with E-state index >= 15 is 0 Å². The van der Waals surface area contributed by atoms with Crippen LogP contribution in [0, 0.1) is 23.1 Å². The van der Waals surface area contributed by atoms with E-state index in [1.807, 2.05) is 0 Å². The van der Waals surface area contributed by atoms with Gasteiger partial charge in [0.05, 0.1) is 42.0 Å². The van der Waals surface area contributed by atoms with Crippen molar-refractivity contribution in [2.45, 2.75) is 26.5 Å². The number of rotatable bonds is 11. The molecule has 0 radical (unpaired) electrons. The minimum atomic E-state index is -5.58. The number of aryl methyl sites for hydroxylation is 1. The Kier molecular flexibility index (Phi) is 22.9. The van der Waals surface area contributed by atoms with Gasteiger partial charge in [-0.15, -0.1) is 27.5 Å². The second-order valence-electron chi connectivity index (χ2n) is 11.0. The molecular formula is C29H17N8Na5O15S4. The van der Waals surface area contributed by atoms with Crippen LogP contribution in [0.15, 0.2) is 117 Å². The van der Waals surface area contributed by atoms with Crippen LogP contribution < -0.4 is 154 Å². The molecule has 0 saturated carbocycles. The fourth-order valence-electron chi connectivity index (χ4n) is 4.75. The third-order valence-corrected chi connectivity index (χ3v) is 10.8. The number of hydrogen-bond donors (Lipinski definition) is 2. The fourth-order valence-corrected chi connectivity index (χ4v) is 7.15. The molecule has 292 valence electrons. The summed E-state index contributed by atoms with van der Waals surface area (Å²) in [5, 5.41) is 42.9. The Morgan fingerprint density at radius 2 is 1.20 bits per heavy atom. The number of hydrogen-bond acceptors (Lipinski definition) is 22. The first-order valence-electron chi connectivity index (χ1n) is 14.5. The fraction of sp³-hybridized carbons (Fsp3) is 0.0345. The number of non-ortho nitro benzene ring substituents is 1. The summed E-state index contributed by atoms with van der Waals surface area (Å²) in [5.74, 6) is -1.24. The molecular weight excluding hydrogens is 944 g/mol. The Balaban J connectivity index is 0.00000720. The molecule has 5 aromatic rings. The Morgan fingerprint density at radius 3 is 1.70 bits per heavy atom. The predicted octanol–water partition coefficient (Wildman–Crippen LogP) is -9.97. The van der Waals surface area contributed by atoms with Crippen LogP contribution in [-0.4, -0.2) is 61.9 Å². The maximum Gasteiger partial charge on any atom is 1.00 e. The summed E-state index contributed by atoms with van der Waals surface area (Å²) in [6.45, 7) is 1.44. The Labute approximate surface area is 456 Å². The molecule has 0 aliphatic heterocycles. The first-order chi connectivity index (χ1) is 25.9. The van der Waals surface area contributed by atoms with Gasteiger partial charge in [0.1, 0.15) is 57.5 Å². The van der Waals surface area contributed by atoms with Crippen molar-refractivity contribution < 1.29 is 210 Å². The molecule has 0 aromatic heterocycles. The quantitative estimate of drug-likeness (QED) is 0.0236. The summed E-state index contributed by atoms with van der Waals surface area (Å²) in [6.07, 6.45) is 0. The molecule has 0 atom stereocenters. The third-order valence-electron chi connectivity index (χ3n) is 7.31. The normalized spacial score (nSPS) is 12.0. The molecule has 0 aliphatic carbocycles. The van der Waals surface area contributed by atoms with Crippen LogP contribution in [-0.2, 0) is 40.5 Å². The van der Waals surface area contributed by atoms with Crippen molar-refractivity contribution in [2.24, 2.45) is 30.7 Å². The van der Waals surface area contributed by atoms with E-state index in [2.05, 4.69) is 36.8 Å². The number of nitro groups is 1. The van der Waals surface area contributed by atoms with Gasteiger partial charge in [-0.3, -0.25) is 10.1 Å². The van der Waals surface area contributed by atoms with Crippen LogP contribution in [0.3, 0.4) is 0 Å². The smallest absolute Gasteiger partial charge is 0.744 e. The van der Waals surface area contributed by atoms with Gasteiger partial charge in [0.25, 0.3) is 0 Å². The summed E-state index contributed by atoms with van der Waals surface area (Å²) in [6, 6.07) is 11.8. The molecule has 0 unspecified atom stereocenters. The number of nitro benzene ring substituents is 1. The van der Waals surface area contributed by atoms with Crippen molar-refractivity contribution in [2.75, 3.05) is 5.73 Å². The Morgan fingerprint density at radius 1 is 0.623 bits per heavy atom. The van der Waals surface area contributed by atoms with E-state index in [0.29, 0.717) is 30.3 Å². The van der Waals surface area contributed by atoms with Gasteiger partial charge in [-0.1, -0.05) is 12.1 Å². The molecule has 0 aliphatic rings. The molecule has 0 heterocycles. The number of nitrogen functional groups attached to an aromatic ring is 1. The summed E-state index contributed by atoms with van der Waals surface area (Å²) in [4.78, 5) is 5.79. The van der Waals surface area contributed by atoms with Crippen LogP contribution in [0.5, 0.6) is 5.75 Å². The monoisotopic (exact) mass is 960 g/mol. The van der Waals surface area contributed by atoms with Crippen LogP contribution >= 0.6 is 0 Å². The number of phenols is 1. The van der Waals surface area contributed by atoms with Gasteiger partial charge in [-0.25, -0.2) is 33.7 Å². The molecule has 5 aromatic carbocycles. The second kappa shape index (κ2) is 23.3. The number of aromatic hydroxyl groups is 1.